The minimum atomic E-state index is -0.0823. The lowest BCUT2D eigenvalue weighted by Crippen LogP contribution is -2.47. The summed E-state index contributed by atoms with van der Waals surface area (Å²) in [7, 11) is 0. The van der Waals surface area contributed by atoms with Crippen LogP contribution in [0.2, 0.25) is 0 Å². The van der Waals surface area contributed by atoms with Crippen molar-refractivity contribution in [2.75, 3.05) is 13.1 Å². The average Bonchev–Trinajstić information content (AvgIpc) is 2.92. The monoisotopic (exact) mass is 288 g/mol. The Morgan fingerprint density at radius 2 is 2.05 bits per heavy atom. The van der Waals surface area contributed by atoms with Gasteiger partial charge >= 0.3 is 0 Å². The molecule has 3 atom stereocenters. The van der Waals surface area contributed by atoms with Crippen molar-refractivity contribution >= 4 is 5.91 Å². The molecule has 1 aromatic carbocycles. The summed E-state index contributed by atoms with van der Waals surface area (Å²) in [5, 5.41) is 3.45. The van der Waals surface area contributed by atoms with Gasteiger partial charge in [0.2, 0.25) is 5.91 Å². The number of benzene rings is 1. The molecule has 3 nitrogen and oxygen atoms in total. The molecule has 3 unspecified atom stereocenters. The standard InChI is InChI=1S/C18H28N2O/c1-14-11-12-20(13-14)18(21)16(3)19-15(2)9-10-17-7-5-4-6-8-17/h4-8,14-16,19H,9-13H2,1-3H3. The molecular weight excluding hydrogens is 260 g/mol. The van der Waals surface area contributed by atoms with E-state index in [4.69, 9.17) is 0 Å². The normalized spacial score (nSPS) is 21.3. The van der Waals surface area contributed by atoms with E-state index in [1.807, 2.05) is 17.9 Å². The van der Waals surface area contributed by atoms with Crippen LogP contribution < -0.4 is 5.32 Å². The number of aryl methyl sites for hydroxylation is 1. The molecule has 2 rings (SSSR count). The highest BCUT2D eigenvalue weighted by Crippen LogP contribution is 2.16. The van der Waals surface area contributed by atoms with Gasteiger partial charge in [-0.1, -0.05) is 37.3 Å². The van der Waals surface area contributed by atoms with Crippen LogP contribution in [0.25, 0.3) is 0 Å². The average molecular weight is 288 g/mol. The van der Waals surface area contributed by atoms with Crippen molar-refractivity contribution in [2.45, 2.75) is 52.1 Å². The molecule has 1 aliphatic heterocycles. The third-order valence-corrected chi connectivity index (χ3v) is 4.35. The maximum absolute atomic E-state index is 12.4. The lowest BCUT2D eigenvalue weighted by Gasteiger charge is -2.24. The molecule has 21 heavy (non-hydrogen) atoms. The molecule has 1 fully saturated rings. The second-order valence-corrected chi connectivity index (χ2v) is 6.49. The molecule has 0 bridgehead atoms. The van der Waals surface area contributed by atoms with Gasteiger partial charge in [-0.15, -0.1) is 0 Å². The van der Waals surface area contributed by atoms with Gasteiger partial charge in [-0.25, -0.2) is 0 Å². The number of hydrogen-bond acceptors (Lipinski definition) is 2. The molecular formula is C18H28N2O. The SMILES string of the molecule is CC1CCN(C(=O)C(C)NC(C)CCc2ccccc2)C1. The third kappa shape index (κ3) is 4.85. The zero-order chi connectivity index (χ0) is 15.2. The fraction of sp³-hybridized carbons (Fsp3) is 0.611. The molecule has 1 heterocycles. The van der Waals surface area contributed by atoms with Crippen LogP contribution >= 0.6 is 0 Å². The summed E-state index contributed by atoms with van der Waals surface area (Å²) >= 11 is 0. The Balaban J connectivity index is 1.74. The number of likely N-dealkylation sites (tertiary alicyclic amines) is 1. The van der Waals surface area contributed by atoms with Gasteiger partial charge < -0.3 is 10.2 Å². The number of carbonyl (C=O) groups excluding carboxylic acids is 1. The van der Waals surface area contributed by atoms with E-state index in [0.29, 0.717) is 12.0 Å². The molecule has 0 spiro atoms. The number of nitrogens with zero attached hydrogens (tertiary/aromatic N) is 1. The predicted octanol–water partition coefficient (Wildman–Crippen LogP) is 2.85. The van der Waals surface area contributed by atoms with Gasteiger partial charge in [-0.05, 0) is 44.6 Å². The maximum Gasteiger partial charge on any atom is 0.239 e. The van der Waals surface area contributed by atoms with Crippen LogP contribution in [-0.2, 0) is 11.2 Å². The van der Waals surface area contributed by atoms with Crippen LogP contribution in [0.1, 0.15) is 39.2 Å². The quantitative estimate of drug-likeness (QED) is 0.873. The first kappa shape index (κ1) is 16.0. The van der Waals surface area contributed by atoms with Crippen molar-refractivity contribution in [3.8, 4) is 0 Å². The molecule has 0 saturated carbocycles. The van der Waals surface area contributed by atoms with E-state index in [-0.39, 0.29) is 11.9 Å². The second-order valence-electron chi connectivity index (χ2n) is 6.49. The van der Waals surface area contributed by atoms with E-state index in [9.17, 15) is 4.79 Å². The Morgan fingerprint density at radius 3 is 2.67 bits per heavy atom. The summed E-state index contributed by atoms with van der Waals surface area (Å²) in [4.78, 5) is 14.4. The van der Waals surface area contributed by atoms with Crippen molar-refractivity contribution in [3.05, 3.63) is 35.9 Å². The summed E-state index contributed by atoms with van der Waals surface area (Å²) < 4.78 is 0. The summed E-state index contributed by atoms with van der Waals surface area (Å²) in [6.45, 7) is 8.21. The lowest BCUT2D eigenvalue weighted by atomic mass is 10.1. The highest BCUT2D eigenvalue weighted by Gasteiger charge is 2.27. The van der Waals surface area contributed by atoms with Crippen LogP contribution in [0.3, 0.4) is 0 Å². The Hall–Kier alpha value is -1.35. The van der Waals surface area contributed by atoms with Gasteiger partial charge in [-0.2, -0.15) is 0 Å². The smallest absolute Gasteiger partial charge is 0.239 e. The maximum atomic E-state index is 12.4. The predicted molar refractivity (Wildman–Crippen MR) is 87.2 cm³/mol. The first-order valence-corrected chi connectivity index (χ1v) is 8.15. The van der Waals surface area contributed by atoms with E-state index in [1.54, 1.807) is 0 Å². The molecule has 0 aliphatic carbocycles. The number of nitrogens with one attached hydrogen (secondary N) is 1. The van der Waals surface area contributed by atoms with Gasteiger partial charge in [0.05, 0.1) is 6.04 Å². The van der Waals surface area contributed by atoms with E-state index in [0.717, 1.165) is 32.4 Å². The summed E-state index contributed by atoms with van der Waals surface area (Å²) in [6.07, 6.45) is 3.25. The zero-order valence-electron chi connectivity index (χ0n) is 13.5. The largest absolute Gasteiger partial charge is 0.341 e. The van der Waals surface area contributed by atoms with Crippen molar-refractivity contribution in [1.29, 1.82) is 0 Å². The molecule has 1 saturated heterocycles. The molecule has 0 radical (unpaired) electrons. The van der Waals surface area contributed by atoms with Crippen molar-refractivity contribution in [1.82, 2.24) is 10.2 Å². The Kier molecular flexibility index (Phi) is 5.80. The van der Waals surface area contributed by atoms with Crippen molar-refractivity contribution < 1.29 is 4.79 Å². The number of carbonyl (C=O) groups is 1. The van der Waals surface area contributed by atoms with Crippen LogP contribution in [0.5, 0.6) is 0 Å². The molecule has 1 aromatic rings. The molecule has 0 aromatic heterocycles. The van der Waals surface area contributed by atoms with E-state index >= 15 is 0 Å². The van der Waals surface area contributed by atoms with E-state index in [1.165, 1.54) is 5.56 Å². The van der Waals surface area contributed by atoms with Gasteiger partial charge in [0.25, 0.3) is 0 Å². The van der Waals surface area contributed by atoms with Crippen molar-refractivity contribution in [3.63, 3.8) is 0 Å². The molecule has 1 N–H and O–H groups in total. The first-order chi connectivity index (χ1) is 10.1. The minimum absolute atomic E-state index is 0.0823. The lowest BCUT2D eigenvalue weighted by molar-refractivity contribution is -0.132. The van der Waals surface area contributed by atoms with Crippen LogP contribution in [0.4, 0.5) is 0 Å². The van der Waals surface area contributed by atoms with Crippen LogP contribution in [-0.4, -0.2) is 36.0 Å². The van der Waals surface area contributed by atoms with Crippen LogP contribution in [0, 0.1) is 5.92 Å². The number of amides is 1. The Morgan fingerprint density at radius 1 is 1.33 bits per heavy atom. The topological polar surface area (TPSA) is 32.3 Å². The van der Waals surface area contributed by atoms with E-state index < -0.39 is 0 Å². The Labute approximate surface area is 128 Å². The first-order valence-electron chi connectivity index (χ1n) is 8.15. The summed E-state index contributed by atoms with van der Waals surface area (Å²) in [6, 6.07) is 10.8. The second kappa shape index (κ2) is 7.60. The highest BCUT2D eigenvalue weighted by molar-refractivity contribution is 5.81. The van der Waals surface area contributed by atoms with Crippen LogP contribution in [0.15, 0.2) is 30.3 Å². The third-order valence-electron chi connectivity index (χ3n) is 4.35. The summed E-state index contributed by atoms with van der Waals surface area (Å²) in [5.41, 5.74) is 1.36. The van der Waals surface area contributed by atoms with E-state index in [2.05, 4.69) is 43.4 Å². The molecule has 1 amide bonds. The number of hydrogen-bond donors (Lipinski definition) is 1. The van der Waals surface area contributed by atoms with Gasteiger partial charge in [0.1, 0.15) is 0 Å². The molecule has 1 aliphatic rings. The minimum Gasteiger partial charge on any atom is -0.341 e. The highest BCUT2D eigenvalue weighted by atomic mass is 16.2. The van der Waals surface area contributed by atoms with Crippen molar-refractivity contribution in [2.24, 2.45) is 5.92 Å². The van der Waals surface area contributed by atoms with Gasteiger partial charge in [0, 0.05) is 19.1 Å². The molecule has 116 valence electrons. The summed E-state index contributed by atoms with van der Waals surface area (Å²) in [5.74, 6) is 0.905. The molecule has 3 heteroatoms. The zero-order valence-corrected chi connectivity index (χ0v) is 13.5. The Bertz CT molecular complexity index is 446. The number of rotatable bonds is 6. The van der Waals surface area contributed by atoms with Gasteiger partial charge in [-0.3, -0.25) is 4.79 Å². The fourth-order valence-corrected chi connectivity index (χ4v) is 3.02. The van der Waals surface area contributed by atoms with Gasteiger partial charge in [0.15, 0.2) is 0 Å². The fourth-order valence-electron chi connectivity index (χ4n) is 3.02.